The van der Waals surface area contributed by atoms with Gasteiger partial charge in [0.2, 0.25) is 5.88 Å². The number of ether oxygens (including phenoxy) is 2. The Bertz CT molecular complexity index is 1190. The van der Waals surface area contributed by atoms with Gasteiger partial charge in [-0.3, -0.25) is 4.57 Å². The Hall–Kier alpha value is -3.63. The minimum absolute atomic E-state index is 0.0609. The minimum atomic E-state index is -4.77. The van der Waals surface area contributed by atoms with E-state index in [1.807, 2.05) is 0 Å². The number of rotatable bonds is 5. The lowest BCUT2D eigenvalue weighted by molar-refractivity contribution is -0.137. The van der Waals surface area contributed by atoms with E-state index in [1.54, 1.807) is 6.07 Å². The van der Waals surface area contributed by atoms with Crippen LogP contribution in [0, 0.1) is 11.6 Å². The number of anilines is 1. The van der Waals surface area contributed by atoms with Crippen molar-refractivity contribution in [1.82, 2.24) is 9.55 Å². The second kappa shape index (κ2) is 7.89. The highest BCUT2D eigenvalue weighted by Gasteiger charge is 2.31. The maximum absolute atomic E-state index is 14.4. The first kappa shape index (κ1) is 20.6. The number of nitrogens with zero attached hydrogens (tertiary/aromatic N) is 2. The molecule has 0 spiro atoms. The average Bonchev–Trinajstić information content (AvgIpc) is 3.16. The summed E-state index contributed by atoms with van der Waals surface area (Å²) in [7, 11) is 0. The molecule has 0 amide bonds. The van der Waals surface area contributed by atoms with Gasteiger partial charge in [-0.2, -0.15) is 18.2 Å². The molecular weight excluding hydrogens is 425 g/mol. The monoisotopic (exact) mass is 439 g/mol. The van der Waals surface area contributed by atoms with E-state index in [0.29, 0.717) is 36.6 Å². The number of aromatic nitrogens is 2. The van der Waals surface area contributed by atoms with Crippen LogP contribution in [0.25, 0.3) is 0 Å². The maximum Gasteiger partial charge on any atom is 0.416 e. The number of hydrogen-bond acceptors (Lipinski definition) is 5. The molecule has 1 aliphatic heterocycles. The molecule has 0 atom stereocenters. The Balaban J connectivity index is 1.47. The van der Waals surface area contributed by atoms with Gasteiger partial charge in [-0.25, -0.2) is 13.6 Å². The molecule has 2 aromatic carbocycles. The van der Waals surface area contributed by atoms with Crippen molar-refractivity contribution in [3.05, 3.63) is 75.7 Å². The zero-order chi connectivity index (χ0) is 22.2. The summed E-state index contributed by atoms with van der Waals surface area (Å²) in [4.78, 5) is 15.7. The molecule has 0 fully saturated rings. The van der Waals surface area contributed by atoms with Gasteiger partial charge in [-0.1, -0.05) is 6.07 Å². The number of hydrogen-bond donors (Lipinski definition) is 1. The van der Waals surface area contributed by atoms with E-state index in [0.717, 1.165) is 12.1 Å². The molecule has 31 heavy (non-hydrogen) atoms. The Morgan fingerprint density at radius 1 is 1.10 bits per heavy atom. The number of benzene rings is 2. The van der Waals surface area contributed by atoms with Crippen LogP contribution in [-0.2, 0) is 19.3 Å². The van der Waals surface area contributed by atoms with Crippen molar-refractivity contribution in [1.29, 1.82) is 0 Å². The normalized spacial score (nSPS) is 12.9. The molecule has 3 aromatic rings. The van der Waals surface area contributed by atoms with E-state index >= 15 is 0 Å². The van der Waals surface area contributed by atoms with E-state index < -0.39 is 34.8 Å². The third-order valence-electron chi connectivity index (χ3n) is 4.44. The quantitative estimate of drug-likeness (QED) is 0.600. The highest BCUT2D eigenvalue weighted by Crippen LogP contribution is 2.34. The summed E-state index contributed by atoms with van der Waals surface area (Å²) in [5, 5.41) is 3.01. The largest absolute Gasteiger partial charge is 0.473 e. The molecule has 1 N–H and O–H groups in total. The summed E-state index contributed by atoms with van der Waals surface area (Å²) in [6.45, 7) is 0.984. The van der Waals surface area contributed by atoms with Crippen LogP contribution in [0.15, 0.2) is 47.3 Å². The first-order valence-electron chi connectivity index (χ1n) is 9.02. The highest BCUT2D eigenvalue weighted by molar-refractivity contribution is 5.41. The van der Waals surface area contributed by atoms with Crippen LogP contribution in [0.3, 0.4) is 0 Å². The van der Waals surface area contributed by atoms with Crippen molar-refractivity contribution in [2.24, 2.45) is 0 Å². The molecule has 0 unspecified atom stereocenters. The fraction of sp³-hybridized carbons (Fsp3) is 0.200. The second-order valence-electron chi connectivity index (χ2n) is 6.67. The van der Waals surface area contributed by atoms with Gasteiger partial charge in [0, 0.05) is 25.2 Å². The van der Waals surface area contributed by atoms with Gasteiger partial charge in [0.1, 0.15) is 24.0 Å². The van der Waals surface area contributed by atoms with Crippen molar-refractivity contribution in [2.45, 2.75) is 19.3 Å². The zero-order valence-corrected chi connectivity index (χ0v) is 15.7. The van der Waals surface area contributed by atoms with E-state index in [4.69, 9.17) is 9.47 Å². The summed E-state index contributed by atoms with van der Waals surface area (Å²) in [5.74, 6) is -2.31. The molecule has 1 aromatic heterocycles. The third kappa shape index (κ3) is 4.60. The van der Waals surface area contributed by atoms with E-state index in [-0.39, 0.29) is 18.2 Å². The topological polar surface area (TPSA) is 65.4 Å². The predicted molar refractivity (Wildman–Crippen MR) is 99.2 cm³/mol. The summed E-state index contributed by atoms with van der Waals surface area (Å²) in [6, 6.07) is 6.81. The number of nitrogens with one attached hydrogen (secondary N) is 1. The van der Waals surface area contributed by atoms with Gasteiger partial charge in [0.05, 0.1) is 5.56 Å². The molecule has 0 saturated carbocycles. The highest BCUT2D eigenvalue weighted by atomic mass is 19.4. The standard InChI is InChI=1S/C20H14F5N3O3/c21-13-6-12(20(23,24)25)7-14(8-13)31-16-2-1-11(5-15(16)22)10-30-18-9-17-26-3-4-28(17)19(29)27-18/h1-2,5-9,26H,3-4,10H2. The first-order chi connectivity index (χ1) is 14.7. The van der Waals surface area contributed by atoms with Gasteiger partial charge >= 0.3 is 11.9 Å². The van der Waals surface area contributed by atoms with Gasteiger partial charge in [-0.15, -0.1) is 0 Å². The van der Waals surface area contributed by atoms with Crippen molar-refractivity contribution in [3.63, 3.8) is 0 Å². The Kier molecular flexibility index (Phi) is 5.25. The molecule has 0 aliphatic carbocycles. The molecule has 2 heterocycles. The minimum Gasteiger partial charge on any atom is -0.473 e. The summed E-state index contributed by atoms with van der Waals surface area (Å²) in [6.07, 6.45) is -4.77. The average molecular weight is 439 g/mol. The Morgan fingerprint density at radius 2 is 1.90 bits per heavy atom. The van der Waals surface area contributed by atoms with Crippen LogP contribution in [0.2, 0.25) is 0 Å². The van der Waals surface area contributed by atoms with E-state index in [9.17, 15) is 26.7 Å². The van der Waals surface area contributed by atoms with Crippen molar-refractivity contribution < 1.29 is 31.4 Å². The van der Waals surface area contributed by atoms with Gasteiger partial charge < -0.3 is 14.8 Å². The molecule has 4 rings (SSSR count). The molecule has 11 heteroatoms. The van der Waals surface area contributed by atoms with E-state index in [2.05, 4.69) is 10.3 Å². The predicted octanol–water partition coefficient (Wildman–Crippen LogP) is 4.34. The smallest absolute Gasteiger partial charge is 0.416 e. The van der Waals surface area contributed by atoms with Crippen LogP contribution < -0.4 is 20.5 Å². The number of halogens is 5. The second-order valence-corrected chi connectivity index (χ2v) is 6.67. The van der Waals surface area contributed by atoms with Crippen LogP contribution in [0.4, 0.5) is 27.8 Å². The molecule has 1 aliphatic rings. The van der Waals surface area contributed by atoms with E-state index in [1.165, 1.54) is 16.7 Å². The van der Waals surface area contributed by atoms with Crippen molar-refractivity contribution in [3.8, 4) is 17.4 Å². The zero-order valence-electron chi connectivity index (χ0n) is 15.7. The molecule has 0 radical (unpaired) electrons. The molecule has 0 bridgehead atoms. The lowest BCUT2D eigenvalue weighted by Gasteiger charge is -2.12. The Morgan fingerprint density at radius 3 is 2.65 bits per heavy atom. The number of fused-ring (bicyclic) bond motifs is 1. The third-order valence-corrected chi connectivity index (χ3v) is 4.44. The van der Waals surface area contributed by atoms with Gasteiger partial charge in [0.15, 0.2) is 11.6 Å². The Labute approximate surface area is 171 Å². The van der Waals surface area contributed by atoms with Crippen molar-refractivity contribution >= 4 is 5.82 Å². The van der Waals surface area contributed by atoms with Crippen LogP contribution in [0.1, 0.15) is 11.1 Å². The fourth-order valence-corrected chi connectivity index (χ4v) is 3.00. The van der Waals surface area contributed by atoms with Gasteiger partial charge in [-0.05, 0) is 29.8 Å². The summed E-state index contributed by atoms with van der Waals surface area (Å²) >= 11 is 0. The summed E-state index contributed by atoms with van der Waals surface area (Å²) < 4.78 is 78.2. The molecule has 0 saturated heterocycles. The van der Waals surface area contributed by atoms with Crippen molar-refractivity contribution in [2.75, 3.05) is 11.9 Å². The molecule has 6 nitrogen and oxygen atoms in total. The first-order valence-corrected chi connectivity index (χ1v) is 9.02. The van der Waals surface area contributed by atoms with Crippen LogP contribution in [0.5, 0.6) is 17.4 Å². The molecular formula is C20H14F5N3O3. The van der Waals surface area contributed by atoms with Crippen LogP contribution in [-0.4, -0.2) is 16.1 Å². The lowest BCUT2D eigenvalue weighted by atomic mass is 10.2. The fourth-order valence-electron chi connectivity index (χ4n) is 3.00. The van der Waals surface area contributed by atoms with Gasteiger partial charge in [0.25, 0.3) is 0 Å². The molecule has 162 valence electrons. The maximum atomic E-state index is 14.4. The summed E-state index contributed by atoms with van der Waals surface area (Å²) in [5.41, 5.74) is -1.36. The van der Waals surface area contributed by atoms with Crippen LogP contribution >= 0.6 is 0 Å². The number of alkyl halides is 3. The lowest BCUT2D eigenvalue weighted by Crippen LogP contribution is -2.21. The SMILES string of the molecule is O=c1nc(OCc2ccc(Oc3cc(F)cc(C(F)(F)F)c3)c(F)c2)cc2n1CCN2.